The van der Waals surface area contributed by atoms with Gasteiger partial charge in [0.2, 0.25) is 0 Å². The molecule has 0 bridgehead atoms. The van der Waals surface area contributed by atoms with Gasteiger partial charge in [-0.3, -0.25) is 0 Å². The zero-order valence-corrected chi connectivity index (χ0v) is 16.7. The minimum absolute atomic E-state index is 0.0581. The zero-order valence-electron chi connectivity index (χ0n) is 16.7. The molecule has 0 amide bonds. The highest BCUT2D eigenvalue weighted by atomic mass is 16.5. The van der Waals surface area contributed by atoms with Gasteiger partial charge in [-0.1, -0.05) is 60.6 Å². The van der Waals surface area contributed by atoms with Crippen molar-refractivity contribution in [2.24, 2.45) is 5.92 Å². The number of carbonyl (C=O) groups is 1. The first-order valence-corrected chi connectivity index (χ1v) is 8.79. The fourth-order valence-corrected chi connectivity index (χ4v) is 2.89. The lowest BCUT2D eigenvalue weighted by Crippen LogP contribution is -2.31. The standard InChI is InChI=1S/C21H34O3/c1-13(14(2)22)15(3)24-19(23)16-11-10-12-17(20(4,5)6)18(16)21(7,8)9/h10-15,22H,1-9H3. The molecule has 0 saturated heterocycles. The first kappa shape index (κ1) is 20.7. The molecular formula is C21H34O3. The van der Waals surface area contributed by atoms with Crippen molar-refractivity contribution in [2.75, 3.05) is 0 Å². The van der Waals surface area contributed by atoms with E-state index in [4.69, 9.17) is 4.74 Å². The molecule has 3 heteroatoms. The fraction of sp³-hybridized carbons (Fsp3) is 0.667. The summed E-state index contributed by atoms with van der Waals surface area (Å²) in [4.78, 5) is 12.8. The van der Waals surface area contributed by atoms with Crippen molar-refractivity contribution >= 4 is 5.97 Å². The third kappa shape index (κ3) is 4.83. The second-order valence-corrected chi connectivity index (χ2v) is 8.94. The summed E-state index contributed by atoms with van der Waals surface area (Å²) < 4.78 is 5.66. The van der Waals surface area contributed by atoms with Crippen LogP contribution in [0, 0.1) is 5.92 Å². The van der Waals surface area contributed by atoms with E-state index in [0.29, 0.717) is 5.56 Å². The highest BCUT2D eigenvalue weighted by Gasteiger charge is 2.31. The van der Waals surface area contributed by atoms with Crippen LogP contribution in [0.4, 0.5) is 0 Å². The van der Waals surface area contributed by atoms with Crippen LogP contribution in [0.25, 0.3) is 0 Å². The predicted octanol–water partition coefficient (Wildman–Crippen LogP) is 4.84. The maximum atomic E-state index is 12.8. The number of aliphatic hydroxyl groups excluding tert-OH is 1. The number of aliphatic hydroxyl groups is 1. The van der Waals surface area contributed by atoms with Gasteiger partial charge in [-0.2, -0.15) is 0 Å². The van der Waals surface area contributed by atoms with Gasteiger partial charge in [0.25, 0.3) is 0 Å². The van der Waals surface area contributed by atoms with E-state index in [9.17, 15) is 9.90 Å². The molecule has 3 nitrogen and oxygen atoms in total. The Kier molecular flexibility index (Phi) is 6.26. The van der Waals surface area contributed by atoms with Crippen LogP contribution in [-0.4, -0.2) is 23.3 Å². The number of carbonyl (C=O) groups excluding carboxylic acids is 1. The Morgan fingerprint density at radius 1 is 1.00 bits per heavy atom. The number of rotatable bonds is 4. The van der Waals surface area contributed by atoms with E-state index in [1.54, 1.807) is 6.92 Å². The molecule has 0 spiro atoms. The Hall–Kier alpha value is -1.35. The van der Waals surface area contributed by atoms with E-state index in [-0.39, 0.29) is 28.8 Å². The van der Waals surface area contributed by atoms with Crippen LogP contribution in [0.5, 0.6) is 0 Å². The van der Waals surface area contributed by atoms with Gasteiger partial charge in [0.1, 0.15) is 6.10 Å². The molecule has 0 aromatic heterocycles. The first-order chi connectivity index (χ1) is 10.8. The van der Waals surface area contributed by atoms with Gasteiger partial charge in [-0.15, -0.1) is 0 Å². The highest BCUT2D eigenvalue weighted by molar-refractivity contribution is 5.92. The van der Waals surface area contributed by atoms with E-state index < -0.39 is 6.10 Å². The molecule has 3 unspecified atom stereocenters. The lowest BCUT2D eigenvalue weighted by molar-refractivity contribution is -0.00209. The molecular weight excluding hydrogens is 300 g/mol. The molecule has 0 heterocycles. The molecule has 0 fully saturated rings. The van der Waals surface area contributed by atoms with Crippen LogP contribution in [-0.2, 0) is 15.6 Å². The summed E-state index contributed by atoms with van der Waals surface area (Å²) in [6, 6.07) is 5.87. The number of hydrogen-bond donors (Lipinski definition) is 1. The summed E-state index contributed by atoms with van der Waals surface area (Å²) in [7, 11) is 0. The maximum absolute atomic E-state index is 12.8. The Morgan fingerprint density at radius 3 is 1.96 bits per heavy atom. The van der Waals surface area contributed by atoms with Crippen molar-refractivity contribution in [3.63, 3.8) is 0 Å². The van der Waals surface area contributed by atoms with Gasteiger partial charge in [0.05, 0.1) is 11.7 Å². The van der Waals surface area contributed by atoms with E-state index >= 15 is 0 Å². The SMILES string of the molecule is CC(O)C(C)C(C)OC(=O)c1cccc(C(C)(C)C)c1C(C)(C)C. The van der Waals surface area contributed by atoms with E-state index in [1.807, 2.05) is 26.0 Å². The Labute approximate surface area is 147 Å². The largest absolute Gasteiger partial charge is 0.459 e. The van der Waals surface area contributed by atoms with Gasteiger partial charge < -0.3 is 9.84 Å². The summed E-state index contributed by atoms with van der Waals surface area (Å²) >= 11 is 0. The van der Waals surface area contributed by atoms with Crippen LogP contribution >= 0.6 is 0 Å². The monoisotopic (exact) mass is 334 g/mol. The molecule has 0 aliphatic carbocycles. The summed E-state index contributed by atoms with van der Waals surface area (Å²) in [5.74, 6) is -0.427. The minimum Gasteiger partial charge on any atom is -0.459 e. The third-order valence-corrected chi connectivity index (χ3v) is 4.64. The van der Waals surface area contributed by atoms with Gasteiger partial charge >= 0.3 is 5.97 Å². The summed E-state index contributed by atoms with van der Waals surface area (Å²) in [6.45, 7) is 18.3. The Morgan fingerprint density at radius 2 is 1.54 bits per heavy atom. The quantitative estimate of drug-likeness (QED) is 0.801. The van der Waals surface area contributed by atoms with Gasteiger partial charge in [-0.05, 0) is 41.9 Å². The fourth-order valence-electron chi connectivity index (χ4n) is 2.89. The lowest BCUT2D eigenvalue weighted by Gasteiger charge is -2.32. The summed E-state index contributed by atoms with van der Waals surface area (Å²) in [5, 5.41) is 9.72. The van der Waals surface area contributed by atoms with E-state index in [2.05, 4.69) is 47.6 Å². The first-order valence-electron chi connectivity index (χ1n) is 8.79. The summed E-state index contributed by atoms with van der Waals surface area (Å²) in [6.07, 6.45) is -0.862. The topological polar surface area (TPSA) is 46.5 Å². The molecule has 1 aromatic carbocycles. The zero-order chi connectivity index (χ0) is 18.9. The summed E-state index contributed by atoms with van der Waals surface area (Å²) in [5.41, 5.74) is 2.61. The predicted molar refractivity (Wildman–Crippen MR) is 99.6 cm³/mol. The van der Waals surface area contributed by atoms with Crippen molar-refractivity contribution in [3.05, 3.63) is 34.9 Å². The van der Waals surface area contributed by atoms with Crippen LogP contribution in [0.1, 0.15) is 83.8 Å². The molecule has 24 heavy (non-hydrogen) atoms. The average Bonchev–Trinajstić information content (AvgIpc) is 2.43. The van der Waals surface area contributed by atoms with Crippen molar-refractivity contribution < 1.29 is 14.6 Å². The number of esters is 1. The van der Waals surface area contributed by atoms with Crippen LogP contribution in [0.15, 0.2) is 18.2 Å². The van der Waals surface area contributed by atoms with E-state index in [1.165, 1.54) is 5.56 Å². The second-order valence-electron chi connectivity index (χ2n) is 8.94. The van der Waals surface area contributed by atoms with E-state index in [0.717, 1.165) is 5.56 Å². The molecule has 0 radical (unpaired) electrons. The lowest BCUT2D eigenvalue weighted by atomic mass is 9.73. The number of hydrogen-bond acceptors (Lipinski definition) is 3. The molecule has 1 N–H and O–H groups in total. The molecule has 1 aromatic rings. The third-order valence-electron chi connectivity index (χ3n) is 4.64. The highest BCUT2D eigenvalue weighted by Crippen LogP contribution is 2.36. The smallest absolute Gasteiger partial charge is 0.338 e. The van der Waals surface area contributed by atoms with Crippen molar-refractivity contribution in [2.45, 2.75) is 85.4 Å². The van der Waals surface area contributed by atoms with Crippen LogP contribution in [0.3, 0.4) is 0 Å². The Bertz CT molecular complexity index is 574. The van der Waals surface area contributed by atoms with Gasteiger partial charge in [0.15, 0.2) is 0 Å². The van der Waals surface area contributed by atoms with Crippen molar-refractivity contribution in [3.8, 4) is 0 Å². The molecule has 1 rings (SSSR count). The molecule has 136 valence electrons. The van der Waals surface area contributed by atoms with Crippen LogP contribution in [0.2, 0.25) is 0 Å². The average molecular weight is 335 g/mol. The molecule has 0 saturated carbocycles. The van der Waals surface area contributed by atoms with Gasteiger partial charge in [-0.25, -0.2) is 4.79 Å². The minimum atomic E-state index is -0.518. The molecule has 0 aliphatic rings. The molecule has 3 atom stereocenters. The molecule has 0 aliphatic heterocycles. The maximum Gasteiger partial charge on any atom is 0.338 e. The van der Waals surface area contributed by atoms with Crippen molar-refractivity contribution in [1.82, 2.24) is 0 Å². The van der Waals surface area contributed by atoms with Crippen molar-refractivity contribution in [1.29, 1.82) is 0 Å². The Balaban J connectivity index is 3.32. The van der Waals surface area contributed by atoms with Crippen LogP contribution < -0.4 is 0 Å². The normalized spacial score (nSPS) is 16.4. The second kappa shape index (κ2) is 7.26. The number of ether oxygens (including phenoxy) is 1. The number of benzene rings is 1. The van der Waals surface area contributed by atoms with Gasteiger partial charge in [0, 0.05) is 5.92 Å².